The molecule has 1 N–H and O–H groups in total. The lowest BCUT2D eigenvalue weighted by Gasteiger charge is -2.32. The average Bonchev–Trinajstić information content (AvgIpc) is 2.48. The smallest absolute Gasteiger partial charge is 0.241 e. The van der Waals surface area contributed by atoms with Crippen LogP contribution in [0, 0.1) is 5.82 Å². The first-order chi connectivity index (χ1) is 9.60. The standard InChI is InChI=1S/C13H15ClFN3O2/c14-11-7-10(1-2-12(11)15)16-8-13(20)18-5-3-17(9-19)4-6-18/h1-2,7,9,16H,3-6,8H2. The summed E-state index contributed by atoms with van der Waals surface area (Å²) in [6, 6.07) is 4.21. The zero-order valence-corrected chi connectivity index (χ0v) is 11.6. The molecule has 0 spiro atoms. The highest BCUT2D eigenvalue weighted by atomic mass is 35.5. The Hall–Kier alpha value is -1.82. The summed E-state index contributed by atoms with van der Waals surface area (Å²) < 4.78 is 13.0. The molecular weight excluding hydrogens is 285 g/mol. The fourth-order valence-electron chi connectivity index (χ4n) is 1.97. The van der Waals surface area contributed by atoms with E-state index in [0.717, 1.165) is 6.41 Å². The summed E-state index contributed by atoms with van der Waals surface area (Å²) in [5, 5.41) is 2.93. The van der Waals surface area contributed by atoms with E-state index in [1.807, 2.05) is 0 Å². The zero-order valence-electron chi connectivity index (χ0n) is 10.8. The molecule has 5 nitrogen and oxygen atoms in total. The van der Waals surface area contributed by atoms with Crippen LogP contribution in [-0.4, -0.2) is 54.8 Å². The van der Waals surface area contributed by atoms with Gasteiger partial charge in [-0.3, -0.25) is 9.59 Å². The van der Waals surface area contributed by atoms with Crippen molar-refractivity contribution in [3.05, 3.63) is 29.0 Å². The number of carbonyl (C=O) groups is 2. The van der Waals surface area contributed by atoms with Crippen LogP contribution in [0.2, 0.25) is 5.02 Å². The largest absolute Gasteiger partial charge is 0.376 e. The lowest BCUT2D eigenvalue weighted by Crippen LogP contribution is -2.49. The van der Waals surface area contributed by atoms with Crippen LogP contribution in [0.15, 0.2) is 18.2 Å². The number of hydrogen-bond donors (Lipinski definition) is 1. The Morgan fingerprint density at radius 2 is 2.05 bits per heavy atom. The first-order valence-corrected chi connectivity index (χ1v) is 6.64. The van der Waals surface area contributed by atoms with Gasteiger partial charge in [0.15, 0.2) is 0 Å². The first kappa shape index (κ1) is 14.6. The lowest BCUT2D eigenvalue weighted by molar-refractivity contribution is -0.133. The van der Waals surface area contributed by atoms with Gasteiger partial charge in [0.1, 0.15) is 5.82 Å². The molecular formula is C13H15ClFN3O2. The molecule has 0 saturated carbocycles. The van der Waals surface area contributed by atoms with Gasteiger partial charge in [-0.25, -0.2) is 4.39 Å². The van der Waals surface area contributed by atoms with Crippen LogP contribution < -0.4 is 5.32 Å². The second-order valence-electron chi connectivity index (χ2n) is 4.50. The van der Waals surface area contributed by atoms with Gasteiger partial charge in [0, 0.05) is 31.9 Å². The van der Waals surface area contributed by atoms with E-state index in [1.165, 1.54) is 18.2 Å². The molecule has 2 rings (SSSR count). The summed E-state index contributed by atoms with van der Waals surface area (Å²) in [4.78, 5) is 25.9. The minimum absolute atomic E-state index is 0.0158. The van der Waals surface area contributed by atoms with Gasteiger partial charge in [-0.15, -0.1) is 0 Å². The summed E-state index contributed by atoms with van der Waals surface area (Å²) in [5.74, 6) is -0.551. The van der Waals surface area contributed by atoms with Crippen molar-refractivity contribution in [2.24, 2.45) is 0 Å². The Morgan fingerprint density at radius 1 is 1.35 bits per heavy atom. The van der Waals surface area contributed by atoms with E-state index < -0.39 is 5.82 Å². The van der Waals surface area contributed by atoms with E-state index in [0.29, 0.717) is 31.9 Å². The minimum atomic E-state index is -0.492. The molecule has 20 heavy (non-hydrogen) atoms. The van der Waals surface area contributed by atoms with Crippen molar-refractivity contribution in [3.63, 3.8) is 0 Å². The van der Waals surface area contributed by atoms with E-state index in [-0.39, 0.29) is 17.5 Å². The normalized spacial score (nSPS) is 15.1. The van der Waals surface area contributed by atoms with E-state index in [2.05, 4.69) is 5.32 Å². The topological polar surface area (TPSA) is 52.7 Å². The zero-order chi connectivity index (χ0) is 14.5. The van der Waals surface area contributed by atoms with E-state index in [1.54, 1.807) is 9.80 Å². The Morgan fingerprint density at radius 3 is 2.65 bits per heavy atom. The van der Waals surface area contributed by atoms with Gasteiger partial charge in [0.25, 0.3) is 0 Å². The Balaban J connectivity index is 1.83. The number of anilines is 1. The van der Waals surface area contributed by atoms with Crippen molar-refractivity contribution < 1.29 is 14.0 Å². The molecule has 7 heteroatoms. The van der Waals surface area contributed by atoms with Crippen LogP contribution in [0.1, 0.15) is 0 Å². The number of nitrogens with zero attached hydrogens (tertiary/aromatic N) is 2. The van der Waals surface area contributed by atoms with Gasteiger partial charge < -0.3 is 15.1 Å². The number of rotatable bonds is 4. The SMILES string of the molecule is O=CN1CCN(C(=O)CNc2ccc(F)c(Cl)c2)CC1. The highest BCUT2D eigenvalue weighted by Gasteiger charge is 2.19. The lowest BCUT2D eigenvalue weighted by atomic mass is 10.3. The maximum Gasteiger partial charge on any atom is 0.241 e. The summed E-state index contributed by atoms with van der Waals surface area (Å²) >= 11 is 5.66. The molecule has 2 amide bonds. The number of benzene rings is 1. The molecule has 0 aromatic heterocycles. The maximum atomic E-state index is 13.0. The molecule has 1 aliphatic rings. The van der Waals surface area contributed by atoms with Crippen LogP contribution in [0.3, 0.4) is 0 Å². The molecule has 0 atom stereocenters. The van der Waals surface area contributed by atoms with Crippen LogP contribution in [0.4, 0.5) is 10.1 Å². The Bertz CT molecular complexity index is 504. The number of piperazine rings is 1. The summed E-state index contributed by atoms with van der Waals surface area (Å²) in [5.41, 5.74) is 0.594. The molecule has 0 bridgehead atoms. The fraction of sp³-hybridized carbons (Fsp3) is 0.385. The van der Waals surface area contributed by atoms with Crippen LogP contribution in [0.25, 0.3) is 0 Å². The molecule has 0 unspecified atom stereocenters. The van der Waals surface area contributed by atoms with Crippen molar-refractivity contribution in [2.75, 3.05) is 38.0 Å². The Labute approximate surface area is 121 Å². The third kappa shape index (κ3) is 3.60. The summed E-state index contributed by atoms with van der Waals surface area (Å²) in [6.07, 6.45) is 0.792. The third-order valence-corrected chi connectivity index (χ3v) is 3.47. The van der Waals surface area contributed by atoms with Crippen LogP contribution >= 0.6 is 11.6 Å². The molecule has 1 aromatic rings. The molecule has 1 aromatic carbocycles. The molecule has 1 saturated heterocycles. The molecule has 0 aliphatic carbocycles. The highest BCUT2D eigenvalue weighted by Crippen LogP contribution is 2.19. The third-order valence-electron chi connectivity index (χ3n) is 3.18. The van der Waals surface area contributed by atoms with Crippen molar-refractivity contribution in [1.29, 1.82) is 0 Å². The second-order valence-corrected chi connectivity index (χ2v) is 4.91. The predicted molar refractivity (Wildman–Crippen MR) is 74.1 cm³/mol. The number of halogens is 2. The van der Waals surface area contributed by atoms with Gasteiger partial charge >= 0.3 is 0 Å². The molecule has 1 heterocycles. The first-order valence-electron chi connectivity index (χ1n) is 6.26. The van der Waals surface area contributed by atoms with Crippen LogP contribution in [0.5, 0.6) is 0 Å². The van der Waals surface area contributed by atoms with E-state index in [4.69, 9.17) is 11.6 Å². The van der Waals surface area contributed by atoms with Gasteiger partial charge in [-0.2, -0.15) is 0 Å². The summed E-state index contributed by atoms with van der Waals surface area (Å²) in [7, 11) is 0. The van der Waals surface area contributed by atoms with E-state index >= 15 is 0 Å². The predicted octanol–water partition coefficient (Wildman–Crippen LogP) is 1.19. The minimum Gasteiger partial charge on any atom is -0.376 e. The van der Waals surface area contributed by atoms with Gasteiger partial charge in [-0.1, -0.05) is 11.6 Å². The number of nitrogens with one attached hydrogen (secondary N) is 1. The quantitative estimate of drug-likeness (QED) is 0.850. The van der Waals surface area contributed by atoms with Gasteiger partial charge in [0.2, 0.25) is 12.3 Å². The fourth-order valence-corrected chi connectivity index (χ4v) is 2.15. The average molecular weight is 300 g/mol. The highest BCUT2D eigenvalue weighted by molar-refractivity contribution is 6.31. The van der Waals surface area contributed by atoms with Crippen molar-refractivity contribution >= 4 is 29.6 Å². The Kier molecular flexibility index (Phi) is 4.79. The second kappa shape index (κ2) is 6.56. The number of amides is 2. The molecule has 0 radical (unpaired) electrons. The van der Waals surface area contributed by atoms with Gasteiger partial charge in [-0.05, 0) is 18.2 Å². The van der Waals surface area contributed by atoms with Gasteiger partial charge in [0.05, 0.1) is 11.6 Å². The monoisotopic (exact) mass is 299 g/mol. The van der Waals surface area contributed by atoms with Crippen LogP contribution in [-0.2, 0) is 9.59 Å². The van der Waals surface area contributed by atoms with E-state index in [9.17, 15) is 14.0 Å². The van der Waals surface area contributed by atoms with Crippen molar-refractivity contribution in [1.82, 2.24) is 9.80 Å². The molecule has 1 fully saturated rings. The summed E-state index contributed by atoms with van der Waals surface area (Å²) in [6.45, 7) is 2.28. The maximum absolute atomic E-state index is 13.0. The van der Waals surface area contributed by atoms with Crippen molar-refractivity contribution in [2.45, 2.75) is 0 Å². The molecule has 1 aliphatic heterocycles. The van der Waals surface area contributed by atoms with Crippen molar-refractivity contribution in [3.8, 4) is 0 Å². The number of carbonyl (C=O) groups excluding carboxylic acids is 2. The molecule has 108 valence electrons. The number of hydrogen-bond acceptors (Lipinski definition) is 3.